The Kier molecular flexibility index (Phi) is 4.88. The van der Waals surface area contributed by atoms with Crippen molar-refractivity contribution in [2.75, 3.05) is 6.61 Å². The molecule has 0 bridgehead atoms. The SMILES string of the molecule is Cc1c(C(=O)OCC(=O)N[C@@H]2CCCC[C@@H]2C)oc2ccccc12. The predicted octanol–water partition coefficient (Wildman–Crippen LogP) is 3.59. The normalized spacial score (nSPS) is 20.8. The first kappa shape index (κ1) is 16.6. The van der Waals surface area contributed by atoms with E-state index in [9.17, 15) is 9.59 Å². The van der Waals surface area contributed by atoms with E-state index in [1.807, 2.05) is 25.1 Å². The summed E-state index contributed by atoms with van der Waals surface area (Å²) in [6.45, 7) is 3.68. The molecule has 5 heteroatoms. The summed E-state index contributed by atoms with van der Waals surface area (Å²) < 4.78 is 10.7. The lowest BCUT2D eigenvalue weighted by atomic mass is 9.86. The molecule has 1 aliphatic rings. The molecule has 0 unspecified atom stereocenters. The summed E-state index contributed by atoms with van der Waals surface area (Å²) >= 11 is 0. The van der Waals surface area contributed by atoms with Crippen molar-refractivity contribution in [2.45, 2.75) is 45.6 Å². The number of nitrogens with one attached hydrogen (secondary N) is 1. The van der Waals surface area contributed by atoms with Gasteiger partial charge in [-0.1, -0.05) is 38.0 Å². The molecule has 1 aromatic heterocycles. The molecular formula is C19H23NO4. The number of hydrogen-bond acceptors (Lipinski definition) is 4. The standard InChI is InChI=1S/C19H23NO4/c1-12-7-3-5-9-15(12)20-17(21)11-23-19(22)18-13(2)14-8-4-6-10-16(14)24-18/h4,6,8,10,12,15H,3,5,7,9,11H2,1-2H3,(H,20,21)/t12-,15+/m0/s1. The van der Waals surface area contributed by atoms with Crippen LogP contribution in [0.3, 0.4) is 0 Å². The fourth-order valence-corrected chi connectivity index (χ4v) is 3.34. The summed E-state index contributed by atoms with van der Waals surface area (Å²) in [7, 11) is 0. The molecule has 2 aromatic rings. The highest BCUT2D eigenvalue weighted by Crippen LogP contribution is 2.26. The smallest absolute Gasteiger partial charge is 0.375 e. The highest BCUT2D eigenvalue weighted by Gasteiger charge is 2.24. The van der Waals surface area contributed by atoms with E-state index in [2.05, 4.69) is 12.2 Å². The van der Waals surface area contributed by atoms with Gasteiger partial charge in [-0.15, -0.1) is 0 Å². The number of aryl methyl sites for hydroxylation is 1. The number of amides is 1. The van der Waals surface area contributed by atoms with Crippen LogP contribution in [0.2, 0.25) is 0 Å². The second kappa shape index (κ2) is 7.07. The molecule has 1 aliphatic carbocycles. The zero-order valence-electron chi connectivity index (χ0n) is 14.1. The third-order valence-electron chi connectivity index (χ3n) is 4.82. The molecule has 1 heterocycles. The lowest BCUT2D eigenvalue weighted by Crippen LogP contribution is -2.42. The maximum absolute atomic E-state index is 12.2. The highest BCUT2D eigenvalue weighted by molar-refractivity contribution is 5.96. The summed E-state index contributed by atoms with van der Waals surface area (Å²) in [5.41, 5.74) is 1.37. The lowest BCUT2D eigenvalue weighted by Gasteiger charge is -2.29. The molecule has 0 aliphatic heterocycles. The molecule has 2 atom stereocenters. The van der Waals surface area contributed by atoms with Crippen molar-refractivity contribution in [1.29, 1.82) is 0 Å². The second-order valence-electron chi connectivity index (χ2n) is 6.56. The molecule has 24 heavy (non-hydrogen) atoms. The number of carbonyl (C=O) groups excluding carboxylic acids is 2. The van der Waals surface area contributed by atoms with Gasteiger partial charge in [0.25, 0.3) is 5.91 Å². The number of para-hydroxylation sites is 1. The van der Waals surface area contributed by atoms with Crippen LogP contribution in [0.5, 0.6) is 0 Å². The van der Waals surface area contributed by atoms with Crippen molar-refractivity contribution in [1.82, 2.24) is 5.32 Å². The van der Waals surface area contributed by atoms with Gasteiger partial charge in [0.15, 0.2) is 6.61 Å². The van der Waals surface area contributed by atoms with Gasteiger partial charge in [-0.25, -0.2) is 4.79 Å². The van der Waals surface area contributed by atoms with Crippen LogP contribution in [0, 0.1) is 12.8 Å². The number of ether oxygens (including phenoxy) is 1. The first-order chi connectivity index (χ1) is 11.6. The van der Waals surface area contributed by atoms with E-state index in [0.29, 0.717) is 11.5 Å². The molecule has 1 N–H and O–H groups in total. The number of esters is 1. The summed E-state index contributed by atoms with van der Waals surface area (Å²) in [4.78, 5) is 24.2. The number of benzene rings is 1. The molecule has 0 spiro atoms. The molecule has 0 radical (unpaired) electrons. The Morgan fingerprint density at radius 1 is 1.25 bits per heavy atom. The van der Waals surface area contributed by atoms with E-state index >= 15 is 0 Å². The van der Waals surface area contributed by atoms with E-state index in [-0.39, 0.29) is 24.3 Å². The number of hydrogen-bond donors (Lipinski definition) is 1. The van der Waals surface area contributed by atoms with Crippen LogP contribution in [-0.2, 0) is 9.53 Å². The van der Waals surface area contributed by atoms with Crippen LogP contribution in [-0.4, -0.2) is 24.5 Å². The summed E-state index contributed by atoms with van der Waals surface area (Å²) in [6, 6.07) is 7.61. The van der Waals surface area contributed by atoms with Gasteiger partial charge in [0.2, 0.25) is 5.76 Å². The van der Waals surface area contributed by atoms with Gasteiger partial charge in [0, 0.05) is 17.0 Å². The summed E-state index contributed by atoms with van der Waals surface area (Å²) in [6.07, 6.45) is 4.47. The number of furan rings is 1. The third kappa shape index (κ3) is 3.45. The van der Waals surface area contributed by atoms with Gasteiger partial charge in [-0.2, -0.15) is 0 Å². The van der Waals surface area contributed by atoms with E-state index in [1.54, 1.807) is 6.07 Å². The molecule has 3 rings (SSSR count). The van der Waals surface area contributed by atoms with Gasteiger partial charge in [0.05, 0.1) is 0 Å². The number of fused-ring (bicyclic) bond motifs is 1. The topological polar surface area (TPSA) is 68.5 Å². The van der Waals surface area contributed by atoms with E-state index in [4.69, 9.17) is 9.15 Å². The average molecular weight is 329 g/mol. The first-order valence-electron chi connectivity index (χ1n) is 8.51. The maximum atomic E-state index is 12.2. The number of carbonyl (C=O) groups is 2. The van der Waals surface area contributed by atoms with Crippen LogP contribution in [0.15, 0.2) is 28.7 Å². The van der Waals surface area contributed by atoms with Crippen LogP contribution in [0.25, 0.3) is 11.0 Å². The Balaban J connectivity index is 1.58. The minimum Gasteiger partial charge on any atom is -0.450 e. The molecule has 128 valence electrons. The molecule has 0 saturated heterocycles. The largest absolute Gasteiger partial charge is 0.450 e. The van der Waals surface area contributed by atoms with E-state index < -0.39 is 5.97 Å². The van der Waals surface area contributed by atoms with Gasteiger partial charge >= 0.3 is 5.97 Å². The molecule has 1 fully saturated rings. The molecular weight excluding hydrogens is 306 g/mol. The number of rotatable bonds is 4. The van der Waals surface area contributed by atoms with Crippen molar-refractivity contribution < 1.29 is 18.7 Å². The molecule has 1 saturated carbocycles. The summed E-state index contributed by atoms with van der Waals surface area (Å²) in [5, 5.41) is 3.85. The minimum absolute atomic E-state index is 0.162. The van der Waals surface area contributed by atoms with E-state index in [0.717, 1.165) is 30.2 Å². The van der Waals surface area contributed by atoms with Crippen LogP contribution in [0.4, 0.5) is 0 Å². The Morgan fingerprint density at radius 3 is 2.75 bits per heavy atom. The van der Waals surface area contributed by atoms with Crippen molar-refractivity contribution in [3.63, 3.8) is 0 Å². The highest BCUT2D eigenvalue weighted by atomic mass is 16.5. The van der Waals surface area contributed by atoms with Crippen molar-refractivity contribution >= 4 is 22.8 Å². The molecule has 1 amide bonds. The van der Waals surface area contributed by atoms with Crippen LogP contribution in [0.1, 0.15) is 48.7 Å². The minimum atomic E-state index is -0.601. The van der Waals surface area contributed by atoms with Crippen molar-refractivity contribution in [3.05, 3.63) is 35.6 Å². The Hall–Kier alpha value is -2.30. The fourth-order valence-electron chi connectivity index (χ4n) is 3.34. The van der Waals surface area contributed by atoms with Gasteiger partial charge in [-0.05, 0) is 31.7 Å². The van der Waals surface area contributed by atoms with Gasteiger partial charge < -0.3 is 14.5 Å². The monoisotopic (exact) mass is 329 g/mol. The molecule has 1 aromatic carbocycles. The zero-order valence-corrected chi connectivity index (χ0v) is 14.1. The Morgan fingerprint density at radius 2 is 2.00 bits per heavy atom. The zero-order chi connectivity index (χ0) is 17.1. The molecule has 5 nitrogen and oxygen atoms in total. The quantitative estimate of drug-likeness (QED) is 0.870. The Bertz CT molecular complexity index is 749. The fraction of sp³-hybridized carbons (Fsp3) is 0.474. The van der Waals surface area contributed by atoms with Crippen LogP contribution < -0.4 is 5.32 Å². The average Bonchev–Trinajstić information content (AvgIpc) is 2.92. The van der Waals surface area contributed by atoms with E-state index in [1.165, 1.54) is 6.42 Å². The van der Waals surface area contributed by atoms with Crippen molar-refractivity contribution in [2.24, 2.45) is 5.92 Å². The van der Waals surface area contributed by atoms with Gasteiger partial charge in [0.1, 0.15) is 5.58 Å². The third-order valence-corrected chi connectivity index (χ3v) is 4.82. The van der Waals surface area contributed by atoms with Gasteiger partial charge in [-0.3, -0.25) is 4.79 Å². The summed E-state index contributed by atoms with van der Waals surface area (Å²) in [5.74, 6) is -0.225. The first-order valence-corrected chi connectivity index (χ1v) is 8.51. The lowest BCUT2D eigenvalue weighted by molar-refractivity contribution is -0.125. The maximum Gasteiger partial charge on any atom is 0.375 e. The van der Waals surface area contributed by atoms with Crippen LogP contribution >= 0.6 is 0 Å². The predicted molar refractivity (Wildman–Crippen MR) is 90.8 cm³/mol. The second-order valence-corrected chi connectivity index (χ2v) is 6.56. The Labute approximate surface area is 141 Å². The van der Waals surface area contributed by atoms with Crippen molar-refractivity contribution in [3.8, 4) is 0 Å².